The Labute approximate surface area is 138 Å². The molecule has 1 aliphatic rings. The van der Waals surface area contributed by atoms with Crippen molar-refractivity contribution in [2.24, 2.45) is 0 Å². The van der Waals surface area contributed by atoms with Crippen molar-refractivity contribution in [2.45, 2.75) is 12.8 Å². The Hall–Kier alpha value is -1.86. The number of aliphatic hydroxyl groups excluding tert-OH is 2. The van der Waals surface area contributed by atoms with Gasteiger partial charge in [-0.3, -0.25) is 4.98 Å². The van der Waals surface area contributed by atoms with E-state index in [4.69, 9.17) is 16.7 Å². The van der Waals surface area contributed by atoms with Crippen LogP contribution in [0.1, 0.15) is 11.1 Å². The minimum Gasteiger partial charge on any atom is -0.392 e. The van der Waals surface area contributed by atoms with Crippen LogP contribution in [0.25, 0.3) is 5.57 Å². The quantitative estimate of drug-likeness (QED) is 0.789. The second-order valence-corrected chi connectivity index (χ2v) is 4.91. The number of hydrogen-bond donors (Lipinski definition) is 3. The summed E-state index contributed by atoms with van der Waals surface area (Å²) in [6, 6.07) is 5.25. The molecule has 0 fully saturated rings. The van der Waals surface area contributed by atoms with E-state index >= 15 is 0 Å². The Morgan fingerprint density at radius 1 is 1.36 bits per heavy atom. The summed E-state index contributed by atoms with van der Waals surface area (Å²) in [6.45, 7) is -0.179. The number of anilines is 1. The molecule has 22 heavy (non-hydrogen) atoms. The lowest BCUT2D eigenvalue weighted by molar-refractivity contribution is 0.225. The molecule has 0 radical (unpaired) electrons. The molecule has 1 unspecified atom stereocenters. The van der Waals surface area contributed by atoms with Crippen molar-refractivity contribution < 1.29 is 10.2 Å². The molecule has 0 saturated heterocycles. The maximum absolute atomic E-state index is 10.4. The highest BCUT2D eigenvalue weighted by molar-refractivity contribution is 6.31. The molecule has 0 aliphatic carbocycles. The molecule has 0 saturated carbocycles. The van der Waals surface area contributed by atoms with Gasteiger partial charge in [0.15, 0.2) is 12.0 Å². The van der Waals surface area contributed by atoms with E-state index in [-0.39, 0.29) is 19.0 Å². The van der Waals surface area contributed by atoms with Crippen LogP contribution in [0.4, 0.5) is 5.82 Å². The number of nitrogens with zero attached hydrogens (tertiary/aromatic N) is 3. The topological polar surface area (TPSA) is 81.5 Å². The molecule has 3 N–H and O–H groups in total. The molecule has 8 heteroatoms. The van der Waals surface area contributed by atoms with Gasteiger partial charge >= 0.3 is 0 Å². The number of hydrazine groups is 1. The molecule has 1 atom stereocenters. The van der Waals surface area contributed by atoms with Crippen molar-refractivity contribution >= 4 is 35.4 Å². The second-order valence-electron chi connectivity index (χ2n) is 4.51. The van der Waals surface area contributed by atoms with Crippen LogP contribution in [-0.4, -0.2) is 26.4 Å². The molecular formula is C14H14Cl2N4O2. The molecule has 3 heterocycles. The fourth-order valence-corrected chi connectivity index (χ4v) is 2.28. The summed E-state index contributed by atoms with van der Waals surface area (Å²) in [5.41, 5.74) is 4.99. The van der Waals surface area contributed by atoms with Crippen LogP contribution >= 0.6 is 24.0 Å². The predicted molar refractivity (Wildman–Crippen MR) is 86.3 cm³/mol. The van der Waals surface area contributed by atoms with Gasteiger partial charge in [0.1, 0.15) is 0 Å². The van der Waals surface area contributed by atoms with Crippen LogP contribution < -0.4 is 10.4 Å². The summed E-state index contributed by atoms with van der Waals surface area (Å²) in [6.07, 6.45) is 5.62. The average molecular weight is 341 g/mol. The normalized spacial score (nSPS) is 16.8. The molecule has 0 amide bonds. The van der Waals surface area contributed by atoms with Crippen LogP contribution in [0.2, 0.25) is 5.02 Å². The largest absolute Gasteiger partial charge is 0.392 e. The number of aliphatic hydroxyl groups is 2. The fraction of sp³-hybridized carbons (Fsp3) is 0.143. The molecule has 0 bridgehead atoms. The first-order valence-corrected chi connectivity index (χ1v) is 6.67. The van der Waals surface area contributed by atoms with E-state index in [2.05, 4.69) is 15.4 Å². The van der Waals surface area contributed by atoms with E-state index in [9.17, 15) is 5.11 Å². The molecule has 0 spiro atoms. The minimum absolute atomic E-state index is 0. The summed E-state index contributed by atoms with van der Waals surface area (Å²) in [4.78, 5) is 8.22. The zero-order valence-electron chi connectivity index (χ0n) is 11.3. The molecule has 6 nitrogen and oxygen atoms in total. The highest BCUT2D eigenvalue weighted by Crippen LogP contribution is 2.28. The number of halogens is 2. The van der Waals surface area contributed by atoms with Gasteiger partial charge in [-0.2, -0.15) is 0 Å². The van der Waals surface area contributed by atoms with Gasteiger partial charge in [-0.25, -0.2) is 9.99 Å². The summed E-state index contributed by atoms with van der Waals surface area (Å²) in [5, 5.41) is 21.4. The first-order chi connectivity index (χ1) is 10.2. The first-order valence-electron chi connectivity index (χ1n) is 6.30. The van der Waals surface area contributed by atoms with Crippen molar-refractivity contribution in [3.05, 3.63) is 59.1 Å². The van der Waals surface area contributed by atoms with Gasteiger partial charge in [0, 0.05) is 47.6 Å². The van der Waals surface area contributed by atoms with Gasteiger partial charge in [-0.05, 0) is 6.07 Å². The Morgan fingerprint density at radius 2 is 2.18 bits per heavy atom. The molecule has 2 aromatic heterocycles. The van der Waals surface area contributed by atoms with E-state index in [1.807, 2.05) is 6.07 Å². The highest BCUT2D eigenvalue weighted by Gasteiger charge is 2.28. The average Bonchev–Trinajstić information content (AvgIpc) is 2.90. The fourth-order valence-electron chi connectivity index (χ4n) is 2.08. The third kappa shape index (κ3) is 3.00. The number of rotatable bonds is 3. The van der Waals surface area contributed by atoms with E-state index in [0.717, 1.165) is 5.56 Å². The highest BCUT2D eigenvalue weighted by atomic mass is 35.5. The minimum atomic E-state index is -0.905. The number of nitrogens with one attached hydrogen (secondary N) is 1. The van der Waals surface area contributed by atoms with E-state index in [0.29, 0.717) is 22.0 Å². The standard InChI is InChI=1S/C14H13ClN4O2.ClH/c15-12-4-13(17-6-10(12)8-20)19-14(21)11(7-18-19)9-2-1-3-16-5-9;/h1-7,14,18,20-21H,8H2;1H. The van der Waals surface area contributed by atoms with Crippen LogP contribution in [0.3, 0.4) is 0 Å². The Bertz CT molecular complexity index is 682. The molecule has 3 rings (SSSR count). The van der Waals surface area contributed by atoms with Crippen LogP contribution in [0.5, 0.6) is 0 Å². The Morgan fingerprint density at radius 3 is 2.82 bits per heavy atom. The lowest BCUT2D eigenvalue weighted by atomic mass is 10.1. The van der Waals surface area contributed by atoms with Crippen molar-refractivity contribution in [3.8, 4) is 0 Å². The summed E-state index contributed by atoms with van der Waals surface area (Å²) in [7, 11) is 0. The number of hydrogen-bond acceptors (Lipinski definition) is 6. The third-order valence-corrected chi connectivity index (χ3v) is 3.56. The Balaban J connectivity index is 0.00000176. The van der Waals surface area contributed by atoms with Gasteiger partial charge in [-0.1, -0.05) is 17.7 Å². The molecule has 0 aromatic carbocycles. The van der Waals surface area contributed by atoms with Gasteiger partial charge in [0.2, 0.25) is 0 Å². The monoisotopic (exact) mass is 340 g/mol. The third-order valence-electron chi connectivity index (χ3n) is 3.21. The maximum atomic E-state index is 10.4. The van der Waals surface area contributed by atoms with Gasteiger partial charge in [0.05, 0.1) is 11.6 Å². The smallest absolute Gasteiger partial charge is 0.175 e. The summed E-state index contributed by atoms with van der Waals surface area (Å²) < 4.78 is 0. The van der Waals surface area contributed by atoms with Gasteiger partial charge < -0.3 is 15.6 Å². The maximum Gasteiger partial charge on any atom is 0.175 e. The van der Waals surface area contributed by atoms with Crippen molar-refractivity contribution in [1.82, 2.24) is 15.4 Å². The summed E-state index contributed by atoms with van der Waals surface area (Å²) in [5.74, 6) is 0.458. The molecule has 2 aromatic rings. The van der Waals surface area contributed by atoms with Gasteiger partial charge in [-0.15, -0.1) is 12.4 Å². The molecule has 116 valence electrons. The van der Waals surface area contributed by atoms with Crippen LogP contribution in [0.15, 0.2) is 43.0 Å². The number of pyridine rings is 2. The SMILES string of the molecule is Cl.OCc1cnc(N2NC=C(c3cccnc3)C2O)cc1Cl. The van der Waals surface area contributed by atoms with Gasteiger partial charge in [0.25, 0.3) is 0 Å². The van der Waals surface area contributed by atoms with Crippen molar-refractivity contribution in [2.75, 3.05) is 5.01 Å². The lowest BCUT2D eigenvalue weighted by Crippen LogP contribution is -2.38. The molecular weight excluding hydrogens is 327 g/mol. The van der Waals surface area contributed by atoms with E-state index in [1.165, 1.54) is 11.2 Å². The molecule has 1 aliphatic heterocycles. The van der Waals surface area contributed by atoms with Crippen molar-refractivity contribution in [1.29, 1.82) is 0 Å². The zero-order chi connectivity index (χ0) is 14.8. The van der Waals surface area contributed by atoms with Crippen LogP contribution in [-0.2, 0) is 6.61 Å². The van der Waals surface area contributed by atoms with Crippen LogP contribution in [0, 0.1) is 0 Å². The predicted octanol–water partition coefficient (Wildman–Crippen LogP) is 1.73. The summed E-state index contributed by atoms with van der Waals surface area (Å²) >= 11 is 6.05. The van der Waals surface area contributed by atoms with E-state index < -0.39 is 6.23 Å². The lowest BCUT2D eigenvalue weighted by Gasteiger charge is -2.23. The zero-order valence-corrected chi connectivity index (χ0v) is 12.9. The first kappa shape index (κ1) is 16.5. The second kappa shape index (κ2) is 6.93. The number of aromatic nitrogens is 2. The van der Waals surface area contributed by atoms with E-state index in [1.54, 1.807) is 30.7 Å². The Kier molecular flexibility index (Phi) is 5.20. The van der Waals surface area contributed by atoms with Crippen molar-refractivity contribution in [3.63, 3.8) is 0 Å².